The highest BCUT2D eigenvalue weighted by Crippen LogP contribution is 2.37. The van der Waals surface area contributed by atoms with Crippen LogP contribution in [0.15, 0.2) is 42.5 Å². The molecule has 0 fully saturated rings. The van der Waals surface area contributed by atoms with Crippen LogP contribution in [0.1, 0.15) is 22.7 Å². The largest absolute Gasteiger partial charge is 0.416 e. The molecule has 0 aliphatic rings. The molecular formula is C15H12ClF4N. The zero-order chi connectivity index (χ0) is 15.6. The molecule has 1 unspecified atom stereocenters. The molecular weight excluding hydrogens is 306 g/mol. The summed E-state index contributed by atoms with van der Waals surface area (Å²) in [6.45, 7) is 0. The van der Waals surface area contributed by atoms with Gasteiger partial charge in [0.25, 0.3) is 0 Å². The Hall–Kier alpha value is -1.59. The highest BCUT2D eigenvalue weighted by Gasteiger charge is 2.35. The van der Waals surface area contributed by atoms with Crippen LogP contribution in [-0.4, -0.2) is 7.05 Å². The highest BCUT2D eigenvalue weighted by molar-refractivity contribution is 6.30. The van der Waals surface area contributed by atoms with Crippen molar-refractivity contribution in [3.8, 4) is 0 Å². The maximum Gasteiger partial charge on any atom is 0.416 e. The van der Waals surface area contributed by atoms with Gasteiger partial charge in [0.15, 0.2) is 0 Å². The van der Waals surface area contributed by atoms with Crippen molar-refractivity contribution in [2.45, 2.75) is 12.2 Å². The van der Waals surface area contributed by atoms with E-state index in [4.69, 9.17) is 11.6 Å². The van der Waals surface area contributed by atoms with E-state index in [0.29, 0.717) is 0 Å². The maximum absolute atomic E-state index is 13.9. The normalized spacial score (nSPS) is 13.2. The van der Waals surface area contributed by atoms with Crippen molar-refractivity contribution in [2.75, 3.05) is 7.05 Å². The fraction of sp³-hybridized carbons (Fsp3) is 0.200. The topological polar surface area (TPSA) is 12.0 Å². The minimum atomic E-state index is -4.51. The summed E-state index contributed by atoms with van der Waals surface area (Å²) < 4.78 is 53.2. The van der Waals surface area contributed by atoms with Gasteiger partial charge in [-0.2, -0.15) is 13.2 Å². The summed E-state index contributed by atoms with van der Waals surface area (Å²) in [5.41, 5.74) is -0.779. The molecule has 21 heavy (non-hydrogen) atoms. The molecule has 0 aliphatic carbocycles. The lowest BCUT2D eigenvalue weighted by Gasteiger charge is -2.22. The van der Waals surface area contributed by atoms with E-state index in [-0.39, 0.29) is 16.1 Å². The standard InChI is InChI=1S/C15H12ClF4N/c1-21-14(11-8-9(16)6-7-13(11)17)10-4-2-3-5-12(10)15(18,19)20/h2-8,14,21H,1H3. The van der Waals surface area contributed by atoms with E-state index in [1.165, 1.54) is 37.4 Å². The molecule has 0 radical (unpaired) electrons. The lowest BCUT2D eigenvalue weighted by Crippen LogP contribution is -2.22. The predicted molar refractivity (Wildman–Crippen MR) is 73.8 cm³/mol. The third-order valence-corrected chi connectivity index (χ3v) is 3.37. The SMILES string of the molecule is CNC(c1cc(Cl)ccc1F)c1ccccc1C(F)(F)F. The lowest BCUT2D eigenvalue weighted by molar-refractivity contribution is -0.138. The number of alkyl halides is 3. The number of benzene rings is 2. The van der Waals surface area contributed by atoms with Gasteiger partial charge in [-0.05, 0) is 36.9 Å². The van der Waals surface area contributed by atoms with Crippen molar-refractivity contribution >= 4 is 11.6 Å². The van der Waals surface area contributed by atoms with Crippen LogP contribution in [0.4, 0.5) is 17.6 Å². The second-order valence-corrected chi connectivity index (χ2v) is 4.91. The molecule has 1 atom stereocenters. The van der Waals surface area contributed by atoms with Crippen molar-refractivity contribution in [1.82, 2.24) is 5.32 Å². The number of nitrogens with one attached hydrogen (secondary N) is 1. The van der Waals surface area contributed by atoms with Gasteiger partial charge < -0.3 is 5.32 Å². The number of halogens is 5. The van der Waals surface area contributed by atoms with Crippen molar-refractivity contribution in [3.05, 3.63) is 70.0 Å². The summed E-state index contributed by atoms with van der Waals surface area (Å²) in [5, 5.41) is 2.98. The first-order valence-corrected chi connectivity index (χ1v) is 6.50. The molecule has 0 aromatic heterocycles. The third kappa shape index (κ3) is 3.36. The summed E-state index contributed by atoms with van der Waals surface area (Å²) in [7, 11) is 1.47. The molecule has 0 bridgehead atoms. The molecule has 6 heteroatoms. The first kappa shape index (κ1) is 15.8. The number of hydrogen-bond donors (Lipinski definition) is 1. The van der Waals surface area contributed by atoms with E-state index < -0.39 is 23.6 Å². The van der Waals surface area contributed by atoms with Gasteiger partial charge in [-0.15, -0.1) is 0 Å². The van der Waals surface area contributed by atoms with E-state index in [1.807, 2.05) is 0 Å². The van der Waals surface area contributed by atoms with Crippen molar-refractivity contribution < 1.29 is 17.6 Å². The van der Waals surface area contributed by atoms with Gasteiger partial charge in [0.05, 0.1) is 11.6 Å². The lowest BCUT2D eigenvalue weighted by atomic mass is 9.94. The Morgan fingerprint density at radius 2 is 1.71 bits per heavy atom. The minimum Gasteiger partial charge on any atom is -0.309 e. The fourth-order valence-electron chi connectivity index (χ4n) is 2.22. The smallest absolute Gasteiger partial charge is 0.309 e. The molecule has 2 aromatic rings. The van der Waals surface area contributed by atoms with E-state index in [9.17, 15) is 17.6 Å². The number of rotatable bonds is 3. The predicted octanol–water partition coefficient (Wildman–Crippen LogP) is 4.81. The molecule has 0 aliphatic heterocycles. The molecule has 112 valence electrons. The summed E-state index contributed by atoms with van der Waals surface area (Å²) in [4.78, 5) is 0. The van der Waals surface area contributed by atoms with Gasteiger partial charge in [0.1, 0.15) is 5.82 Å². The molecule has 1 nitrogen and oxygen atoms in total. The van der Waals surface area contributed by atoms with Crippen LogP contribution < -0.4 is 5.32 Å². The second-order valence-electron chi connectivity index (χ2n) is 4.47. The minimum absolute atomic E-state index is 0.0475. The van der Waals surface area contributed by atoms with Gasteiger partial charge in [-0.1, -0.05) is 29.8 Å². The summed E-state index contributed by atoms with van der Waals surface area (Å²) in [5.74, 6) is -0.615. The average Bonchev–Trinajstić information content (AvgIpc) is 2.43. The maximum atomic E-state index is 13.9. The molecule has 2 rings (SSSR count). The molecule has 0 spiro atoms. The second kappa shape index (κ2) is 6.03. The van der Waals surface area contributed by atoms with Crippen LogP contribution in [0.3, 0.4) is 0 Å². The number of hydrogen-bond acceptors (Lipinski definition) is 1. The summed E-state index contributed by atoms with van der Waals surface area (Å²) in [6.07, 6.45) is -4.51. The van der Waals surface area contributed by atoms with E-state index in [0.717, 1.165) is 12.1 Å². The third-order valence-electron chi connectivity index (χ3n) is 3.13. The van der Waals surface area contributed by atoms with Crippen LogP contribution in [0.25, 0.3) is 0 Å². The van der Waals surface area contributed by atoms with Gasteiger partial charge in [0.2, 0.25) is 0 Å². The van der Waals surface area contributed by atoms with Crippen molar-refractivity contribution in [1.29, 1.82) is 0 Å². The Balaban J connectivity index is 2.60. The molecule has 0 saturated heterocycles. The highest BCUT2D eigenvalue weighted by atomic mass is 35.5. The molecule has 2 aromatic carbocycles. The van der Waals surface area contributed by atoms with Crippen LogP contribution >= 0.6 is 11.6 Å². The molecule has 0 heterocycles. The quantitative estimate of drug-likeness (QED) is 0.801. The van der Waals surface area contributed by atoms with Crippen molar-refractivity contribution in [3.63, 3.8) is 0 Å². The fourth-order valence-corrected chi connectivity index (χ4v) is 2.40. The van der Waals surface area contributed by atoms with Crippen molar-refractivity contribution in [2.24, 2.45) is 0 Å². The van der Waals surface area contributed by atoms with Gasteiger partial charge in [0, 0.05) is 10.6 Å². The Morgan fingerprint density at radius 3 is 2.33 bits per heavy atom. The zero-order valence-electron chi connectivity index (χ0n) is 11.0. The monoisotopic (exact) mass is 317 g/mol. The molecule has 0 saturated carbocycles. The van der Waals surface area contributed by atoms with Crippen LogP contribution in [0.2, 0.25) is 5.02 Å². The summed E-state index contributed by atoms with van der Waals surface area (Å²) in [6, 6.07) is 7.95. The Bertz CT molecular complexity index is 640. The Kier molecular flexibility index (Phi) is 4.54. The first-order valence-electron chi connectivity index (χ1n) is 6.13. The van der Waals surface area contributed by atoms with Gasteiger partial charge in [-0.25, -0.2) is 4.39 Å². The van der Waals surface area contributed by atoms with Crippen LogP contribution in [-0.2, 0) is 6.18 Å². The first-order chi connectivity index (χ1) is 9.84. The Labute approximate surface area is 124 Å². The molecule has 1 N–H and O–H groups in total. The van der Waals surface area contributed by atoms with E-state index in [2.05, 4.69) is 5.32 Å². The van der Waals surface area contributed by atoms with E-state index in [1.54, 1.807) is 0 Å². The summed E-state index contributed by atoms with van der Waals surface area (Å²) >= 11 is 5.82. The van der Waals surface area contributed by atoms with Crippen LogP contribution in [0.5, 0.6) is 0 Å². The Morgan fingerprint density at radius 1 is 1.05 bits per heavy atom. The van der Waals surface area contributed by atoms with Gasteiger partial charge >= 0.3 is 6.18 Å². The van der Waals surface area contributed by atoms with E-state index >= 15 is 0 Å². The van der Waals surface area contributed by atoms with Gasteiger partial charge in [-0.3, -0.25) is 0 Å². The van der Waals surface area contributed by atoms with Crippen LogP contribution in [0, 0.1) is 5.82 Å². The average molecular weight is 318 g/mol. The zero-order valence-corrected chi connectivity index (χ0v) is 11.8. The molecule has 0 amide bonds.